The highest BCUT2D eigenvalue weighted by atomic mass is 16.5. The van der Waals surface area contributed by atoms with Gasteiger partial charge in [-0.25, -0.2) is 0 Å². The highest BCUT2D eigenvalue weighted by Gasteiger charge is 2.37. The number of amides is 1. The third-order valence-corrected chi connectivity index (χ3v) is 2.66. The molecule has 0 aromatic rings. The number of ether oxygens (including phenoxy) is 1. The summed E-state index contributed by atoms with van der Waals surface area (Å²) >= 11 is 0. The average Bonchev–Trinajstić information content (AvgIpc) is 2.83. The van der Waals surface area contributed by atoms with Gasteiger partial charge in [0.2, 0.25) is 5.91 Å². The first-order valence-electron chi connectivity index (χ1n) is 5.01. The molecule has 2 aliphatic rings. The summed E-state index contributed by atoms with van der Waals surface area (Å²) in [5.74, 6) is 0.685. The van der Waals surface area contributed by atoms with Crippen LogP contribution in [0.4, 0.5) is 0 Å². The quantitative estimate of drug-likeness (QED) is 0.607. The van der Waals surface area contributed by atoms with Crippen molar-refractivity contribution < 1.29 is 9.53 Å². The van der Waals surface area contributed by atoms with Gasteiger partial charge >= 0.3 is 0 Å². The molecule has 0 N–H and O–H groups in total. The lowest BCUT2D eigenvalue weighted by Gasteiger charge is -2.38. The van der Waals surface area contributed by atoms with Gasteiger partial charge in [0.25, 0.3) is 0 Å². The summed E-state index contributed by atoms with van der Waals surface area (Å²) in [6.45, 7) is 6.30. The highest BCUT2D eigenvalue weighted by molar-refractivity contribution is 5.81. The molecule has 0 radical (unpaired) electrons. The Morgan fingerprint density at radius 2 is 2.15 bits per heavy atom. The monoisotopic (exact) mass is 183 g/mol. The van der Waals surface area contributed by atoms with Crippen LogP contribution in [0.2, 0.25) is 0 Å². The second-order valence-corrected chi connectivity index (χ2v) is 4.64. The summed E-state index contributed by atoms with van der Waals surface area (Å²) in [4.78, 5) is 13.7. The van der Waals surface area contributed by atoms with Crippen molar-refractivity contribution in [1.29, 1.82) is 0 Å². The summed E-state index contributed by atoms with van der Waals surface area (Å²) in [5.41, 5.74) is -0.150. The van der Waals surface area contributed by atoms with Crippen LogP contribution in [0.1, 0.15) is 26.7 Å². The fraction of sp³-hybridized carbons (Fsp3) is 0.900. The Morgan fingerprint density at radius 1 is 1.46 bits per heavy atom. The molecule has 2 fully saturated rings. The maximum atomic E-state index is 11.7. The Morgan fingerprint density at radius 3 is 2.69 bits per heavy atom. The van der Waals surface area contributed by atoms with Crippen molar-refractivity contribution in [1.82, 2.24) is 4.90 Å². The Balaban J connectivity index is 1.95. The van der Waals surface area contributed by atoms with E-state index in [2.05, 4.69) is 0 Å². The van der Waals surface area contributed by atoms with Crippen LogP contribution in [0, 0.1) is 5.92 Å². The molecule has 0 atom stereocenters. The van der Waals surface area contributed by atoms with Gasteiger partial charge in [0.1, 0.15) is 0 Å². The molecule has 1 saturated heterocycles. The standard InChI is InChI=1S/C10H17NO2/c1-10(2)7-11(5-6-13-10)9(12)8-3-4-8/h8H,3-7H2,1-2H3. The van der Waals surface area contributed by atoms with E-state index in [9.17, 15) is 4.79 Å². The molecule has 0 spiro atoms. The van der Waals surface area contributed by atoms with Gasteiger partial charge < -0.3 is 9.64 Å². The van der Waals surface area contributed by atoms with Crippen molar-refractivity contribution in [2.75, 3.05) is 19.7 Å². The Labute approximate surface area is 79.0 Å². The molecule has 74 valence electrons. The molecule has 0 aromatic carbocycles. The van der Waals surface area contributed by atoms with Crippen LogP contribution in [0.25, 0.3) is 0 Å². The Bertz CT molecular complexity index is 221. The fourth-order valence-electron chi connectivity index (χ4n) is 1.79. The topological polar surface area (TPSA) is 29.5 Å². The summed E-state index contributed by atoms with van der Waals surface area (Å²) in [6, 6.07) is 0. The lowest BCUT2D eigenvalue weighted by atomic mass is 10.1. The number of hydrogen-bond acceptors (Lipinski definition) is 2. The van der Waals surface area contributed by atoms with E-state index >= 15 is 0 Å². The molecule has 1 aliphatic carbocycles. The first-order valence-corrected chi connectivity index (χ1v) is 5.01. The SMILES string of the molecule is CC1(C)CN(C(=O)C2CC2)CCO1. The number of morpholine rings is 1. The second kappa shape index (κ2) is 2.98. The van der Waals surface area contributed by atoms with E-state index in [4.69, 9.17) is 4.74 Å². The number of hydrogen-bond donors (Lipinski definition) is 0. The molecular weight excluding hydrogens is 166 g/mol. The Kier molecular flexibility index (Phi) is 2.06. The van der Waals surface area contributed by atoms with E-state index in [1.165, 1.54) is 0 Å². The molecular formula is C10H17NO2. The predicted octanol–water partition coefficient (Wildman–Crippen LogP) is 1.03. The first-order chi connectivity index (χ1) is 6.08. The van der Waals surface area contributed by atoms with E-state index in [1.54, 1.807) is 0 Å². The minimum atomic E-state index is -0.150. The van der Waals surface area contributed by atoms with Crippen LogP contribution in [-0.2, 0) is 9.53 Å². The normalized spacial score (nSPS) is 27.4. The van der Waals surface area contributed by atoms with Gasteiger partial charge in [-0.05, 0) is 26.7 Å². The summed E-state index contributed by atoms with van der Waals surface area (Å²) in [7, 11) is 0. The number of carbonyl (C=O) groups excluding carboxylic acids is 1. The molecule has 1 aliphatic heterocycles. The summed E-state index contributed by atoms with van der Waals surface area (Å²) < 4.78 is 5.55. The van der Waals surface area contributed by atoms with Crippen LogP contribution in [0.5, 0.6) is 0 Å². The average molecular weight is 183 g/mol. The molecule has 2 rings (SSSR count). The van der Waals surface area contributed by atoms with Gasteiger partial charge in [-0.15, -0.1) is 0 Å². The molecule has 0 aromatic heterocycles. The smallest absolute Gasteiger partial charge is 0.225 e. The van der Waals surface area contributed by atoms with Crippen molar-refractivity contribution in [3.63, 3.8) is 0 Å². The summed E-state index contributed by atoms with van der Waals surface area (Å²) in [5, 5.41) is 0. The van der Waals surface area contributed by atoms with Crippen molar-refractivity contribution in [2.45, 2.75) is 32.3 Å². The number of rotatable bonds is 1. The van der Waals surface area contributed by atoms with E-state index in [0.29, 0.717) is 18.4 Å². The number of carbonyl (C=O) groups is 1. The lowest BCUT2D eigenvalue weighted by Crippen LogP contribution is -2.51. The van der Waals surface area contributed by atoms with E-state index in [-0.39, 0.29) is 5.60 Å². The van der Waals surface area contributed by atoms with Gasteiger partial charge in [-0.3, -0.25) is 4.79 Å². The zero-order chi connectivity index (χ0) is 9.47. The molecule has 1 heterocycles. The third-order valence-electron chi connectivity index (χ3n) is 2.66. The van der Waals surface area contributed by atoms with E-state index in [0.717, 1.165) is 25.9 Å². The van der Waals surface area contributed by atoms with Crippen LogP contribution in [0.3, 0.4) is 0 Å². The molecule has 13 heavy (non-hydrogen) atoms. The van der Waals surface area contributed by atoms with Crippen LogP contribution < -0.4 is 0 Å². The van der Waals surface area contributed by atoms with Crippen molar-refractivity contribution >= 4 is 5.91 Å². The van der Waals surface area contributed by atoms with Gasteiger partial charge in [0.15, 0.2) is 0 Å². The van der Waals surface area contributed by atoms with Crippen molar-refractivity contribution in [2.24, 2.45) is 5.92 Å². The van der Waals surface area contributed by atoms with E-state index in [1.807, 2.05) is 18.7 Å². The largest absolute Gasteiger partial charge is 0.372 e. The molecule has 1 amide bonds. The molecule has 1 saturated carbocycles. The molecule has 3 heteroatoms. The van der Waals surface area contributed by atoms with Crippen molar-refractivity contribution in [3.8, 4) is 0 Å². The maximum Gasteiger partial charge on any atom is 0.225 e. The van der Waals surface area contributed by atoms with Crippen LogP contribution in [-0.4, -0.2) is 36.1 Å². The highest BCUT2D eigenvalue weighted by Crippen LogP contribution is 2.32. The van der Waals surface area contributed by atoms with Gasteiger partial charge in [-0.1, -0.05) is 0 Å². The minimum absolute atomic E-state index is 0.150. The Hall–Kier alpha value is -0.570. The van der Waals surface area contributed by atoms with Gasteiger partial charge in [-0.2, -0.15) is 0 Å². The third kappa shape index (κ3) is 2.02. The van der Waals surface area contributed by atoms with Gasteiger partial charge in [0, 0.05) is 19.0 Å². The van der Waals surface area contributed by atoms with Crippen molar-refractivity contribution in [3.05, 3.63) is 0 Å². The molecule has 0 bridgehead atoms. The number of nitrogens with zero attached hydrogens (tertiary/aromatic N) is 1. The first kappa shape index (κ1) is 9.00. The van der Waals surface area contributed by atoms with Gasteiger partial charge in [0.05, 0.1) is 12.2 Å². The zero-order valence-electron chi connectivity index (χ0n) is 8.38. The van der Waals surface area contributed by atoms with Crippen LogP contribution in [0.15, 0.2) is 0 Å². The second-order valence-electron chi connectivity index (χ2n) is 4.64. The maximum absolute atomic E-state index is 11.7. The summed E-state index contributed by atoms with van der Waals surface area (Å²) in [6.07, 6.45) is 2.19. The van der Waals surface area contributed by atoms with Crippen LogP contribution >= 0.6 is 0 Å². The zero-order valence-corrected chi connectivity index (χ0v) is 8.38. The lowest BCUT2D eigenvalue weighted by molar-refractivity contribution is -0.147. The molecule has 3 nitrogen and oxygen atoms in total. The van der Waals surface area contributed by atoms with E-state index < -0.39 is 0 Å². The fourth-order valence-corrected chi connectivity index (χ4v) is 1.79. The molecule has 0 unspecified atom stereocenters. The predicted molar refractivity (Wildman–Crippen MR) is 49.3 cm³/mol. The minimum Gasteiger partial charge on any atom is -0.372 e.